The van der Waals surface area contributed by atoms with E-state index in [1.54, 1.807) is 5.56 Å². The SMILES string of the molecule is C1=CC2CC2c2c1sc1c(-c3cccc(-c4cccc5c6cc(-c7cccc8c7oc7ccccc78)ccc6n(-c6ccc(-c7nc(-c8ccccc8)nc(-c8ccc9c(c8)oc8ccccc89)n7)cc6)c45)c3)cccc21. The van der Waals surface area contributed by atoms with Crippen LogP contribution in [-0.4, -0.2) is 19.5 Å². The maximum atomic E-state index is 6.61. The maximum Gasteiger partial charge on any atom is 0.164 e. The number of fused-ring (bicyclic) bond motifs is 14. The third-order valence-electron chi connectivity index (χ3n) is 16.2. The molecular formula is C70H42N4O2S. The first-order valence-corrected chi connectivity index (χ1v) is 27.1. The van der Waals surface area contributed by atoms with Crippen molar-refractivity contribution in [1.82, 2.24) is 19.5 Å². The number of para-hydroxylation sites is 4. The van der Waals surface area contributed by atoms with Gasteiger partial charge in [-0.3, -0.25) is 0 Å². The highest BCUT2D eigenvalue weighted by molar-refractivity contribution is 7.20. The van der Waals surface area contributed by atoms with Crippen molar-refractivity contribution in [3.63, 3.8) is 0 Å². The number of aromatic nitrogens is 4. The Labute approximate surface area is 445 Å². The van der Waals surface area contributed by atoms with Gasteiger partial charge in [0.2, 0.25) is 0 Å². The standard InChI is InChI=1S/C70H42N4O2S/c1-2-12-40(13-3-1)68-71-69(73-70(72-68)46-28-33-53-51-16-4-6-24-60(51)75-62(53)39-46)41-26-31-47(32-27-41)74-59-34-29-44(49-19-10-22-55-52-17-5-7-25-61(52)76-66(49)55)38-58(59)54-21-9-18-48(65(54)74)42-14-8-15-43(36-42)50-20-11-23-56-64-57-37-45(57)30-35-63(64)77-67(50)56/h1-36,38-39,45,57H,37H2. The first-order valence-electron chi connectivity index (χ1n) is 26.3. The molecule has 6 nitrogen and oxygen atoms in total. The molecule has 0 amide bonds. The molecule has 0 radical (unpaired) electrons. The van der Waals surface area contributed by atoms with Crippen molar-refractivity contribution in [3.8, 4) is 73.2 Å². The average Bonchev–Trinajstić information content (AvgIpc) is 4.00. The molecule has 1 fully saturated rings. The van der Waals surface area contributed by atoms with E-state index < -0.39 is 0 Å². The van der Waals surface area contributed by atoms with E-state index in [1.807, 2.05) is 72.0 Å². The minimum absolute atomic E-state index is 0.576. The van der Waals surface area contributed by atoms with Crippen LogP contribution in [0.25, 0.3) is 155 Å². The highest BCUT2D eigenvalue weighted by Gasteiger charge is 2.41. The first kappa shape index (κ1) is 42.6. The molecule has 17 rings (SSSR count). The van der Waals surface area contributed by atoms with E-state index in [0.717, 1.165) is 105 Å². The van der Waals surface area contributed by atoms with Gasteiger partial charge in [0.25, 0.3) is 0 Å². The summed E-state index contributed by atoms with van der Waals surface area (Å²) >= 11 is 1.95. The summed E-state index contributed by atoms with van der Waals surface area (Å²) in [6.45, 7) is 0. The fraction of sp³-hybridized carbons (Fsp3) is 0.0429. The smallest absolute Gasteiger partial charge is 0.164 e. The van der Waals surface area contributed by atoms with Gasteiger partial charge in [-0.15, -0.1) is 11.3 Å². The van der Waals surface area contributed by atoms with Crippen molar-refractivity contribution in [1.29, 1.82) is 0 Å². The van der Waals surface area contributed by atoms with Gasteiger partial charge >= 0.3 is 0 Å². The van der Waals surface area contributed by atoms with E-state index in [-0.39, 0.29) is 0 Å². The van der Waals surface area contributed by atoms with Crippen LogP contribution in [-0.2, 0) is 0 Å². The topological polar surface area (TPSA) is 69.9 Å². The highest BCUT2D eigenvalue weighted by atomic mass is 32.1. The predicted molar refractivity (Wildman–Crippen MR) is 317 cm³/mol. The Hall–Kier alpha value is -9.69. The molecule has 2 aliphatic carbocycles. The van der Waals surface area contributed by atoms with Gasteiger partial charge in [-0.25, -0.2) is 15.0 Å². The average molecular weight is 1000 g/mol. The number of hydrogen-bond donors (Lipinski definition) is 0. The molecule has 2 unspecified atom stereocenters. The van der Waals surface area contributed by atoms with Gasteiger partial charge in [-0.2, -0.15) is 0 Å². The van der Waals surface area contributed by atoms with Crippen molar-refractivity contribution in [2.45, 2.75) is 12.3 Å². The molecule has 0 spiro atoms. The van der Waals surface area contributed by atoms with Crippen molar-refractivity contribution in [2.24, 2.45) is 5.92 Å². The van der Waals surface area contributed by atoms with Crippen LogP contribution in [0.3, 0.4) is 0 Å². The van der Waals surface area contributed by atoms with E-state index in [0.29, 0.717) is 29.3 Å². The normalized spacial score (nSPS) is 14.9. The molecule has 77 heavy (non-hydrogen) atoms. The second kappa shape index (κ2) is 16.4. The minimum Gasteiger partial charge on any atom is -0.456 e. The monoisotopic (exact) mass is 1000 g/mol. The van der Waals surface area contributed by atoms with Crippen LogP contribution in [0.4, 0.5) is 0 Å². The van der Waals surface area contributed by atoms with Crippen LogP contribution in [0, 0.1) is 5.92 Å². The van der Waals surface area contributed by atoms with Gasteiger partial charge in [0.1, 0.15) is 22.3 Å². The molecule has 7 heteroatoms. The Kier molecular flexibility index (Phi) is 9.08. The molecule has 1 saturated carbocycles. The Balaban J connectivity index is 0.835. The number of rotatable bonds is 7. The molecule has 2 atom stereocenters. The van der Waals surface area contributed by atoms with E-state index in [4.69, 9.17) is 23.8 Å². The van der Waals surface area contributed by atoms with Gasteiger partial charge in [-0.1, -0.05) is 158 Å². The molecule has 0 aliphatic heterocycles. The molecule has 360 valence electrons. The summed E-state index contributed by atoms with van der Waals surface area (Å²) in [4.78, 5) is 16.8. The lowest BCUT2D eigenvalue weighted by Crippen LogP contribution is -2.00. The Bertz CT molecular complexity index is 4980. The molecule has 5 aromatic heterocycles. The molecule has 0 N–H and O–H groups in total. The van der Waals surface area contributed by atoms with Gasteiger partial charge in [0.05, 0.1) is 11.0 Å². The van der Waals surface area contributed by atoms with Crippen LogP contribution in [0.2, 0.25) is 0 Å². The van der Waals surface area contributed by atoms with Crippen LogP contribution >= 0.6 is 11.3 Å². The molecule has 5 heterocycles. The number of thiophene rings is 1. The van der Waals surface area contributed by atoms with E-state index in [1.165, 1.54) is 37.9 Å². The Morgan fingerprint density at radius 3 is 1.82 bits per heavy atom. The summed E-state index contributed by atoms with van der Waals surface area (Å²) in [5.74, 6) is 3.13. The molecular weight excluding hydrogens is 961 g/mol. The fourth-order valence-electron chi connectivity index (χ4n) is 12.4. The minimum atomic E-state index is 0.576. The third kappa shape index (κ3) is 6.63. The summed E-state index contributed by atoms with van der Waals surface area (Å²) < 4.78 is 16.7. The lowest BCUT2D eigenvalue weighted by atomic mass is 9.95. The highest BCUT2D eigenvalue weighted by Crippen LogP contribution is 2.57. The molecule has 2 aliphatic rings. The number of furan rings is 2. The number of benzene rings is 10. The van der Waals surface area contributed by atoms with Gasteiger partial charge in [-0.05, 0) is 124 Å². The number of nitrogens with zero attached hydrogens (tertiary/aromatic N) is 4. The molecule has 15 aromatic rings. The zero-order chi connectivity index (χ0) is 50.3. The molecule has 0 saturated heterocycles. The summed E-state index contributed by atoms with van der Waals surface area (Å²) in [6, 6.07) is 77.7. The number of hydrogen-bond acceptors (Lipinski definition) is 6. The fourth-order valence-corrected chi connectivity index (χ4v) is 13.7. The lowest BCUT2D eigenvalue weighted by molar-refractivity contribution is 0.669. The van der Waals surface area contributed by atoms with Gasteiger partial charge in [0, 0.05) is 75.4 Å². The second-order valence-corrected chi connectivity index (χ2v) is 21.6. The second-order valence-electron chi connectivity index (χ2n) is 20.6. The van der Waals surface area contributed by atoms with Crippen molar-refractivity contribution >= 4 is 93.2 Å². The molecule has 0 bridgehead atoms. The van der Waals surface area contributed by atoms with E-state index in [9.17, 15) is 0 Å². The van der Waals surface area contributed by atoms with E-state index >= 15 is 0 Å². The Morgan fingerprint density at radius 2 is 1.00 bits per heavy atom. The lowest BCUT2D eigenvalue weighted by Gasteiger charge is -2.14. The third-order valence-corrected chi connectivity index (χ3v) is 17.4. The van der Waals surface area contributed by atoms with Crippen molar-refractivity contribution < 1.29 is 8.83 Å². The van der Waals surface area contributed by atoms with Crippen LogP contribution in [0.1, 0.15) is 22.8 Å². The van der Waals surface area contributed by atoms with Crippen LogP contribution < -0.4 is 0 Å². The van der Waals surface area contributed by atoms with Gasteiger partial charge < -0.3 is 13.4 Å². The quantitative estimate of drug-likeness (QED) is 0.159. The van der Waals surface area contributed by atoms with Crippen molar-refractivity contribution in [2.75, 3.05) is 0 Å². The Morgan fingerprint density at radius 1 is 0.416 bits per heavy atom. The van der Waals surface area contributed by atoms with Crippen LogP contribution in [0.15, 0.2) is 233 Å². The first-order chi connectivity index (χ1) is 38.1. The van der Waals surface area contributed by atoms with Crippen LogP contribution in [0.5, 0.6) is 0 Å². The zero-order valence-electron chi connectivity index (χ0n) is 41.3. The predicted octanol–water partition coefficient (Wildman–Crippen LogP) is 19.1. The maximum absolute atomic E-state index is 6.61. The molecule has 10 aromatic carbocycles. The summed E-state index contributed by atoms with van der Waals surface area (Å²) in [5, 5.41) is 8.11. The zero-order valence-corrected chi connectivity index (χ0v) is 42.1. The van der Waals surface area contributed by atoms with E-state index in [2.05, 4.69) is 174 Å². The summed E-state index contributed by atoms with van der Waals surface area (Å²) in [5.41, 5.74) is 17.9. The summed E-state index contributed by atoms with van der Waals surface area (Å²) in [7, 11) is 0. The summed E-state index contributed by atoms with van der Waals surface area (Å²) in [6.07, 6.45) is 6.06. The van der Waals surface area contributed by atoms with Crippen molar-refractivity contribution in [3.05, 3.63) is 235 Å². The number of allylic oxidation sites excluding steroid dienone is 1. The largest absolute Gasteiger partial charge is 0.456 e. The van der Waals surface area contributed by atoms with Gasteiger partial charge in [0.15, 0.2) is 17.5 Å².